The summed E-state index contributed by atoms with van der Waals surface area (Å²) in [5, 5.41) is 0.762. The highest BCUT2D eigenvalue weighted by Gasteiger charge is 2.33. The van der Waals surface area contributed by atoms with Crippen molar-refractivity contribution >= 4 is 23.3 Å². The standard InChI is InChI=1S/C25H28ClN5/c1-17(23-15-27-16-30(23)3)21-13-18-5-4-8-28-24(18)25(31-11-9-29(2)10-12-31)20-7-6-19(26)14-22(20)21/h4-8,13-17,25H,9-12H2,1-3H3/t17-,25+/m1/s1. The number of aryl methyl sites for hydroxylation is 1. The Morgan fingerprint density at radius 2 is 1.90 bits per heavy atom. The number of benzene rings is 1. The van der Waals surface area contributed by atoms with E-state index < -0.39 is 0 Å². The van der Waals surface area contributed by atoms with Crippen LogP contribution in [0.4, 0.5) is 0 Å². The highest BCUT2D eigenvalue weighted by molar-refractivity contribution is 6.30. The van der Waals surface area contributed by atoms with Gasteiger partial charge >= 0.3 is 0 Å². The van der Waals surface area contributed by atoms with Crippen LogP contribution in [0.5, 0.6) is 0 Å². The number of imidazole rings is 1. The molecule has 0 N–H and O–H groups in total. The third kappa shape index (κ3) is 3.71. The van der Waals surface area contributed by atoms with E-state index in [-0.39, 0.29) is 12.0 Å². The van der Waals surface area contributed by atoms with Crippen molar-refractivity contribution in [3.8, 4) is 0 Å². The Bertz CT molecular complexity index is 1130. The van der Waals surface area contributed by atoms with Crippen molar-refractivity contribution in [2.45, 2.75) is 18.9 Å². The number of rotatable bonds is 3. The fourth-order valence-electron chi connectivity index (χ4n) is 4.94. The summed E-state index contributed by atoms with van der Waals surface area (Å²) in [6, 6.07) is 10.7. The second-order valence-electron chi connectivity index (χ2n) is 8.70. The number of likely N-dealkylation sites (N-methyl/N-ethyl adjacent to an activating group) is 1. The maximum absolute atomic E-state index is 6.54. The van der Waals surface area contributed by atoms with E-state index in [1.807, 2.05) is 30.9 Å². The third-order valence-corrected chi connectivity index (χ3v) is 6.96. The molecule has 1 saturated heterocycles. The van der Waals surface area contributed by atoms with E-state index in [9.17, 15) is 0 Å². The van der Waals surface area contributed by atoms with E-state index in [2.05, 4.69) is 64.6 Å². The smallest absolute Gasteiger partial charge is 0.0945 e. The first kappa shape index (κ1) is 20.4. The average Bonchev–Trinajstić information content (AvgIpc) is 3.14. The summed E-state index contributed by atoms with van der Waals surface area (Å²) in [7, 11) is 4.25. The number of allylic oxidation sites excluding steroid dienone is 1. The minimum absolute atomic E-state index is 0.115. The molecule has 0 saturated carbocycles. The average molecular weight is 434 g/mol. The zero-order chi connectivity index (χ0) is 21.5. The molecule has 0 amide bonds. The summed E-state index contributed by atoms with van der Waals surface area (Å²) in [6.45, 7) is 6.41. The predicted molar refractivity (Wildman–Crippen MR) is 126 cm³/mol. The lowest BCUT2D eigenvalue weighted by Crippen LogP contribution is -2.46. The number of fused-ring (bicyclic) bond motifs is 2. The minimum Gasteiger partial charge on any atom is -0.337 e. The molecule has 0 bridgehead atoms. The molecule has 5 rings (SSSR count). The summed E-state index contributed by atoms with van der Waals surface area (Å²) in [5.74, 6) is 0.170. The van der Waals surface area contributed by atoms with Crippen LogP contribution in [0.25, 0.3) is 11.6 Å². The normalized spacial score (nSPS) is 20.5. The highest BCUT2D eigenvalue weighted by Crippen LogP contribution is 2.44. The maximum atomic E-state index is 6.54. The topological polar surface area (TPSA) is 37.2 Å². The van der Waals surface area contributed by atoms with E-state index in [1.54, 1.807) is 0 Å². The monoisotopic (exact) mass is 433 g/mol. The lowest BCUT2D eigenvalue weighted by atomic mass is 9.87. The first-order valence-electron chi connectivity index (χ1n) is 10.9. The van der Waals surface area contributed by atoms with E-state index in [4.69, 9.17) is 16.6 Å². The zero-order valence-corrected chi connectivity index (χ0v) is 19.0. The molecular weight excluding hydrogens is 406 g/mol. The number of hydrogen-bond acceptors (Lipinski definition) is 4. The molecular formula is C25H28ClN5. The molecule has 6 heteroatoms. The molecule has 160 valence electrons. The van der Waals surface area contributed by atoms with Crippen LogP contribution in [0.15, 0.2) is 49.1 Å². The molecule has 2 atom stereocenters. The van der Waals surface area contributed by atoms with Gasteiger partial charge in [0, 0.05) is 62.3 Å². The number of piperazine rings is 1. The molecule has 3 aromatic rings. The molecule has 0 spiro atoms. The Balaban J connectivity index is 1.71. The van der Waals surface area contributed by atoms with Crippen molar-refractivity contribution in [3.05, 3.63) is 82.2 Å². The Kier molecular flexibility index (Phi) is 5.42. The first-order chi connectivity index (χ1) is 15.0. The van der Waals surface area contributed by atoms with Crippen LogP contribution in [-0.4, -0.2) is 57.6 Å². The van der Waals surface area contributed by atoms with Crippen LogP contribution >= 0.6 is 11.6 Å². The van der Waals surface area contributed by atoms with Gasteiger partial charge < -0.3 is 9.47 Å². The van der Waals surface area contributed by atoms with E-state index in [0.29, 0.717) is 0 Å². The second-order valence-corrected chi connectivity index (χ2v) is 9.14. The van der Waals surface area contributed by atoms with Gasteiger partial charge in [0.25, 0.3) is 0 Å². The summed E-state index contributed by atoms with van der Waals surface area (Å²) in [4.78, 5) is 14.2. The predicted octanol–water partition coefficient (Wildman–Crippen LogP) is 4.46. The number of aromatic nitrogens is 3. The Morgan fingerprint density at radius 1 is 1.10 bits per heavy atom. The van der Waals surface area contributed by atoms with Gasteiger partial charge in [-0.15, -0.1) is 0 Å². The lowest BCUT2D eigenvalue weighted by molar-refractivity contribution is 0.125. The number of hydrogen-bond donors (Lipinski definition) is 0. The van der Waals surface area contributed by atoms with E-state index >= 15 is 0 Å². The molecule has 1 fully saturated rings. The number of pyridine rings is 1. The maximum Gasteiger partial charge on any atom is 0.0945 e. The van der Waals surface area contributed by atoms with Gasteiger partial charge in [0.1, 0.15) is 0 Å². The molecule has 2 aliphatic rings. The van der Waals surface area contributed by atoms with Gasteiger partial charge in [-0.1, -0.05) is 30.7 Å². The highest BCUT2D eigenvalue weighted by atomic mass is 35.5. The SMILES string of the molecule is C[C@H](C1=Cc2cccnc2[C@@H](N2CCN(C)CC2)c2ccc(Cl)cc21)c1cncn1C. The summed E-state index contributed by atoms with van der Waals surface area (Å²) in [5.41, 5.74) is 7.24. The Morgan fingerprint density at radius 3 is 2.65 bits per heavy atom. The van der Waals surface area contributed by atoms with Crippen molar-refractivity contribution < 1.29 is 0 Å². The molecule has 0 unspecified atom stereocenters. The molecule has 1 aromatic carbocycles. The molecule has 2 aromatic heterocycles. The number of halogens is 1. The fraction of sp³-hybridized carbons (Fsp3) is 0.360. The van der Waals surface area contributed by atoms with Gasteiger partial charge in [-0.25, -0.2) is 4.98 Å². The Labute approximate surface area is 189 Å². The summed E-state index contributed by atoms with van der Waals surface area (Å²) in [6.07, 6.45) is 8.05. The van der Waals surface area contributed by atoms with Crippen molar-refractivity contribution in [1.29, 1.82) is 0 Å². The van der Waals surface area contributed by atoms with Gasteiger partial charge in [-0.3, -0.25) is 9.88 Å². The van der Waals surface area contributed by atoms with Crippen LogP contribution in [-0.2, 0) is 7.05 Å². The van der Waals surface area contributed by atoms with Gasteiger partial charge in [0.2, 0.25) is 0 Å². The molecule has 1 aliphatic carbocycles. The van der Waals surface area contributed by atoms with Crippen LogP contribution in [0.1, 0.15) is 47.0 Å². The van der Waals surface area contributed by atoms with Crippen LogP contribution in [0.2, 0.25) is 5.02 Å². The summed E-state index contributed by atoms with van der Waals surface area (Å²) < 4.78 is 2.10. The minimum atomic E-state index is 0.115. The molecule has 0 radical (unpaired) electrons. The summed E-state index contributed by atoms with van der Waals surface area (Å²) >= 11 is 6.54. The van der Waals surface area contributed by atoms with Crippen molar-refractivity contribution in [1.82, 2.24) is 24.3 Å². The lowest BCUT2D eigenvalue weighted by Gasteiger charge is -2.38. The van der Waals surface area contributed by atoms with Gasteiger partial charge in [-0.2, -0.15) is 0 Å². The largest absolute Gasteiger partial charge is 0.337 e. The van der Waals surface area contributed by atoms with Gasteiger partial charge in [-0.05, 0) is 53.6 Å². The molecule has 1 aliphatic heterocycles. The second kappa shape index (κ2) is 8.23. The van der Waals surface area contributed by atoms with E-state index in [1.165, 1.54) is 28.0 Å². The Hall–Kier alpha value is -2.47. The van der Waals surface area contributed by atoms with Gasteiger partial charge in [0.15, 0.2) is 0 Å². The van der Waals surface area contributed by atoms with Crippen LogP contribution < -0.4 is 0 Å². The molecule has 5 nitrogen and oxygen atoms in total. The fourth-order valence-corrected chi connectivity index (χ4v) is 5.11. The zero-order valence-electron chi connectivity index (χ0n) is 18.3. The van der Waals surface area contributed by atoms with Gasteiger partial charge in [0.05, 0.1) is 18.1 Å². The van der Waals surface area contributed by atoms with E-state index in [0.717, 1.165) is 36.9 Å². The van der Waals surface area contributed by atoms with Crippen LogP contribution in [0.3, 0.4) is 0 Å². The third-order valence-electron chi connectivity index (χ3n) is 6.73. The van der Waals surface area contributed by atoms with Crippen molar-refractivity contribution in [3.63, 3.8) is 0 Å². The quantitative estimate of drug-likeness (QED) is 0.611. The van der Waals surface area contributed by atoms with Crippen molar-refractivity contribution in [2.75, 3.05) is 33.2 Å². The van der Waals surface area contributed by atoms with Crippen molar-refractivity contribution in [2.24, 2.45) is 7.05 Å². The number of nitrogens with zero attached hydrogens (tertiary/aromatic N) is 5. The molecule has 31 heavy (non-hydrogen) atoms. The first-order valence-corrected chi connectivity index (χ1v) is 11.3. The van der Waals surface area contributed by atoms with Crippen LogP contribution in [0, 0.1) is 0 Å². The molecule has 3 heterocycles.